The van der Waals surface area contributed by atoms with E-state index in [-0.39, 0.29) is 17.6 Å². The lowest BCUT2D eigenvalue weighted by molar-refractivity contribution is 0.269. The summed E-state index contributed by atoms with van der Waals surface area (Å²) in [6, 6.07) is 8.49. The number of hydrogen-bond donors (Lipinski definition) is 1. The van der Waals surface area contributed by atoms with E-state index in [0.29, 0.717) is 23.6 Å². The first-order chi connectivity index (χ1) is 12.0. The Hall–Kier alpha value is -2.21. The van der Waals surface area contributed by atoms with Gasteiger partial charge < -0.3 is 14.8 Å². The van der Waals surface area contributed by atoms with Crippen LogP contribution in [0.15, 0.2) is 30.3 Å². The Labute approximate surface area is 151 Å². The van der Waals surface area contributed by atoms with Crippen LogP contribution in [0.3, 0.4) is 0 Å². The molecule has 0 unspecified atom stereocenters. The minimum Gasteiger partial charge on any atom is -0.493 e. The molecule has 4 nitrogen and oxygen atoms in total. The molecule has 0 saturated heterocycles. The molecule has 134 valence electrons. The second-order valence-corrected chi connectivity index (χ2v) is 6.27. The summed E-state index contributed by atoms with van der Waals surface area (Å²) < 4.78 is 25.4. The molecule has 0 atom stereocenters. The minimum absolute atomic E-state index is 0.0829. The van der Waals surface area contributed by atoms with E-state index in [2.05, 4.69) is 5.32 Å². The van der Waals surface area contributed by atoms with E-state index in [1.165, 1.54) is 6.07 Å². The number of nitrogens with one attached hydrogen (secondary N) is 1. The summed E-state index contributed by atoms with van der Waals surface area (Å²) in [6.07, 6.45) is 1.70. The maximum atomic E-state index is 14.1. The molecule has 0 aliphatic heterocycles. The molecule has 2 aromatic rings. The normalized spacial score (nSPS) is 10.4. The molecule has 1 N–H and O–H groups in total. The number of benzene rings is 2. The summed E-state index contributed by atoms with van der Waals surface area (Å²) in [4.78, 5) is 11.7. The fraction of sp³-hybridized carbons (Fsp3) is 0.316. The first-order valence-corrected chi connectivity index (χ1v) is 9.18. The summed E-state index contributed by atoms with van der Waals surface area (Å²) in [5.74, 6) is 0.369. The first kappa shape index (κ1) is 19.1. The Balaban J connectivity index is 2.30. The van der Waals surface area contributed by atoms with Crippen molar-refractivity contribution in [3.05, 3.63) is 52.8 Å². The predicted molar refractivity (Wildman–Crippen MR) is 100 cm³/mol. The van der Waals surface area contributed by atoms with Crippen molar-refractivity contribution >= 4 is 22.7 Å². The minimum atomic E-state index is -0.410. The van der Waals surface area contributed by atoms with Crippen molar-refractivity contribution in [3.63, 3.8) is 0 Å². The fourth-order valence-corrected chi connectivity index (χ4v) is 2.51. The fourth-order valence-electron chi connectivity index (χ4n) is 2.30. The lowest BCUT2D eigenvalue weighted by Crippen LogP contribution is -2.10. The summed E-state index contributed by atoms with van der Waals surface area (Å²) in [6.45, 7) is 6.19. The van der Waals surface area contributed by atoms with Crippen molar-refractivity contribution in [2.45, 2.75) is 27.4 Å². The highest BCUT2D eigenvalue weighted by molar-refractivity contribution is 8.13. The van der Waals surface area contributed by atoms with Crippen LogP contribution >= 0.6 is 11.8 Å². The number of hydrogen-bond acceptors (Lipinski definition) is 4. The molecule has 0 bridgehead atoms. The van der Waals surface area contributed by atoms with Gasteiger partial charge in [0.25, 0.3) is 5.24 Å². The topological polar surface area (TPSA) is 47.6 Å². The molecule has 1 amide bonds. The van der Waals surface area contributed by atoms with Crippen molar-refractivity contribution in [1.82, 2.24) is 0 Å². The SMILES string of the molecule is CCOc1cccc(NC(=O)SC)c1COc1cc(C)c(C)cc1F. The Kier molecular flexibility index (Phi) is 6.70. The number of halogens is 1. The Morgan fingerprint density at radius 2 is 1.88 bits per heavy atom. The van der Waals surface area contributed by atoms with Crippen LogP contribution in [0.2, 0.25) is 0 Å². The van der Waals surface area contributed by atoms with Gasteiger partial charge in [-0.25, -0.2) is 4.39 Å². The highest BCUT2D eigenvalue weighted by Crippen LogP contribution is 2.30. The van der Waals surface area contributed by atoms with Crippen molar-refractivity contribution in [2.75, 3.05) is 18.2 Å². The highest BCUT2D eigenvalue weighted by atomic mass is 32.2. The number of rotatable bonds is 6. The lowest BCUT2D eigenvalue weighted by Gasteiger charge is -2.17. The van der Waals surface area contributed by atoms with Crippen LogP contribution in [0.5, 0.6) is 11.5 Å². The van der Waals surface area contributed by atoms with E-state index in [4.69, 9.17) is 9.47 Å². The monoisotopic (exact) mass is 363 g/mol. The third-order valence-corrected chi connectivity index (χ3v) is 4.25. The molecule has 6 heteroatoms. The second-order valence-electron chi connectivity index (χ2n) is 5.49. The number of anilines is 1. The summed E-state index contributed by atoms with van der Waals surface area (Å²) in [5.41, 5.74) is 3.08. The average Bonchev–Trinajstić information content (AvgIpc) is 2.58. The maximum Gasteiger partial charge on any atom is 0.283 e. The zero-order valence-electron chi connectivity index (χ0n) is 14.8. The molecule has 0 aromatic heterocycles. The van der Waals surface area contributed by atoms with Crippen molar-refractivity contribution in [3.8, 4) is 11.5 Å². The molecule has 0 heterocycles. The average molecular weight is 363 g/mol. The Morgan fingerprint density at radius 1 is 1.16 bits per heavy atom. The van der Waals surface area contributed by atoms with Crippen LogP contribution in [-0.4, -0.2) is 18.1 Å². The summed E-state index contributed by atoms with van der Waals surface area (Å²) in [7, 11) is 0. The molecular weight excluding hydrogens is 341 g/mol. The molecule has 2 aromatic carbocycles. The third kappa shape index (κ3) is 4.89. The molecule has 0 saturated carbocycles. The van der Waals surface area contributed by atoms with E-state index in [9.17, 15) is 9.18 Å². The Morgan fingerprint density at radius 3 is 2.56 bits per heavy atom. The third-order valence-electron chi connectivity index (χ3n) is 3.78. The zero-order valence-corrected chi connectivity index (χ0v) is 15.6. The van der Waals surface area contributed by atoms with Crippen LogP contribution in [0.1, 0.15) is 23.6 Å². The van der Waals surface area contributed by atoms with Crippen molar-refractivity contribution in [1.29, 1.82) is 0 Å². The predicted octanol–water partition coefficient (Wildman–Crippen LogP) is 5.32. The van der Waals surface area contributed by atoms with E-state index >= 15 is 0 Å². The van der Waals surface area contributed by atoms with Crippen molar-refractivity contribution in [2.24, 2.45) is 0 Å². The van der Waals surface area contributed by atoms with Gasteiger partial charge in [-0.1, -0.05) is 17.8 Å². The van der Waals surface area contributed by atoms with Gasteiger partial charge in [-0.3, -0.25) is 4.79 Å². The zero-order chi connectivity index (χ0) is 18.4. The van der Waals surface area contributed by atoms with Gasteiger partial charge in [-0.05, 0) is 62.4 Å². The number of thioether (sulfide) groups is 1. The largest absolute Gasteiger partial charge is 0.493 e. The quantitative estimate of drug-likeness (QED) is 0.755. The van der Waals surface area contributed by atoms with E-state index in [0.717, 1.165) is 22.9 Å². The lowest BCUT2D eigenvalue weighted by atomic mass is 10.1. The molecule has 0 spiro atoms. The summed E-state index contributed by atoms with van der Waals surface area (Å²) in [5, 5.41) is 2.61. The molecule has 25 heavy (non-hydrogen) atoms. The number of carbonyl (C=O) groups excluding carboxylic acids is 1. The van der Waals surface area contributed by atoms with Crippen molar-refractivity contribution < 1.29 is 18.7 Å². The summed E-state index contributed by atoms with van der Waals surface area (Å²) >= 11 is 1.08. The number of amides is 1. The number of aryl methyl sites for hydroxylation is 2. The van der Waals surface area contributed by atoms with Gasteiger partial charge in [0.2, 0.25) is 0 Å². The molecule has 0 aliphatic rings. The molecular formula is C19H22FNO3S. The number of carbonyl (C=O) groups is 1. The van der Waals surface area contributed by atoms with Gasteiger partial charge in [-0.2, -0.15) is 0 Å². The first-order valence-electron chi connectivity index (χ1n) is 7.95. The van der Waals surface area contributed by atoms with E-state index < -0.39 is 5.82 Å². The smallest absolute Gasteiger partial charge is 0.283 e. The standard InChI is InChI=1S/C19H22FNO3S/c1-5-23-17-8-6-7-16(21-19(22)25-4)14(17)11-24-18-10-13(3)12(2)9-15(18)20/h6-10H,5,11H2,1-4H3,(H,21,22). The molecule has 0 aliphatic carbocycles. The van der Waals surface area contributed by atoms with Gasteiger partial charge in [-0.15, -0.1) is 0 Å². The van der Waals surface area contributed by atoms with Crippen LogP contribution in [0.25, 0.3) is 0 Å². The van der Waals surface area contributed by atoms with Gasteiger partial charge in [0.15, 0.2) is 11.6 Å². The van der Waals surface area contributed by atoms with Crippen LogP contribution in [0, 0.1) is 19.7 Å². The Bertz CT molecular complexity index is 765. The number of ether oxygens (including phenoxy) is 2. The van der Waals surface area contributed by atoms with E-state index in [1.807, 2.05) is 20.8 Å². The molecule has 0 radical (unpaired) electrons. The van der Waals surface area contributed by atoms with Gasteiger partial charge in [0.05, 0.1) is 17.9 Å². The van der Waals surface area contributed by atoms with Crippen LogP contribution in [-0.2, 0) is 6.61 Å². The molecule has 2 rings (SSSR count). The van der Waals surface area contributed by atoms with E-state index in [1.54, 1.807) is 30.5 Å². The molecule has 0 fully saturated rings. The van der Waals surface area contributed by atoms with Crippen LogP contribution < -0.4 is 14.8 Å². The van der Waals surface area contributed by atoms with Crippen LogP contribution in [0.4, 0.5) is 14.9 Å². The van der Waals surface area contributed by atoms with Gasteiger partial charge >= 0.3 is 0 Å². The van der Waals surface area contributed by atoms with Gasteiger partial charge in [0.1, 0.15) is 12.4 Å². The second kappa shape index (κ2) is 8.76. The highest BCUT2D eigenvalue weighted by Gasteiger charge is 2.14. The van der Waals surface area contributed by atoms with Gasteiger partial charge in [0, 0.05) is 0 Å². The maximum absolute atomic E-state index is 14.1.